The molecule has 1 heteroatoms. The third-order valence-corrected chi connectivity index (χ3v) is 5.23. The Labute approximate surface area is 111 Å². The van der Waals surface area contributed by atoms with Crippen molar-refractivity contribution in [2.24, 2.45) is 11.1 Å². The van der Waals surface area contributed by atoms with Crippen molar-refractivity contribution in [3.8, 4) is 0 Å². The summed E-state index contributed by atoms with van der Waals surface area (Å²) in [6.07, 6.45) is 11.0. The van der Waals surface area contributed by atoms with Gasteiger partial charge < -0.3 is 5.73 Å². The van der Waals surface area contributed by atoms with Gasteiger partial charge in [0.1, 0.15) is 0 Å². The number of aryl methyl sites for hydroxylation is 1. The van der Waals surface area contributed by atoms with Crippen molar-refractivity contribution in [3.05, 3.63) is 35.4 Å². The van der Waals surface area contributed by atoms with Crippen LogP contribution in [0.4, 0.5) is 0 Å². The summed E-state index contributed by atoms with van der Waals surface area (Å²) in [6.45, 7) is 2.20. The number of rotatable bonds is 1. The lowest BCUT2D eigenvalue weighted by atomic mass is 9.52. The molecular weight excluding hydrogens is 218 g/mol. The maximum Gasteiger partial charge on any atom is 0.0422 e. The van der Waals surface area contributed by atoms with E-state index >= 15 is 0 Å². The molecule has 0 unspecified atom stereocenters. The molecule has 1 aromatic carbocycles. The Balaban J connectivity index is 1.78. The third-order valence-electron chi connectivity index (χ3n) is 5.23. The van der Waals surface area contributed by atoms with E-state index in [-0.39, 0.29) is 5.54 Å². The third kappa shape index (κ3) is 1.99. The Hall–Kier alpha value is -0.820. The standard InChI is InChI=1S/C17H25N/c1-14-8-4-5-9-15(14)17(18)12-16(13-17)10-6-2-3-7-11-16/h4-5,8-9H,2-3,6-7,10-13,18H2,1H3. The van der Waals surface area contributed by atoms with Gasteiger partial charge in [0.05, 0.1) is 0 Å². The van der Waals surface area contributed by atoms with Crippen LogP contribution in [0, 0.1) is 12.3 Å². The molecule has 1 nitrogen and oxygen atoms in total. The van der Waals surface area contributed by atoms with Gasteiger partial charge in [-0.1, -0.05) is 49.9 Å². The zero-order chi connectivity index (χ0) is 12.6. The minimum atomic E-state index is -0.0321. The number of nitrogens with two attached hydrogens (primary N) is 1. The minimum Gasteiger partial charge on any atom is -0.321 e. The van der Waals surface area contributed by atoms with Crippen LogP contribution in [0.1, 0.15) is 62.5 Å². The fraction of sp³-hybridized carbons (Fsp3) is 0.647. The molecule has 18 heavy (non-hydrogen) atoms. The quantitative estimate of drug-likeness (QED) is 0.782. The molecule has 3 rings (SSSR count). The van der Waals surface area contributed by atoms with E-state index < -0.39 is 0 Å². The zero-order valence-electron chi connectivity index (χ0n) is 11.5. The van der Waals surface area contributed by atoms with Crippen LogP contribution >= 0.6 is 0 Å². The predicted octanol–water partition coefficient (Wildman–Crippen LogP) is 4.28. The van der Waals surface area contributed by atoms with Crippen LogP contribution in [0.25, 0.3) is 0 Å². The largest absolute Gasteiger partial charge is 0.321 e. The Morgan fingerprint density at radius 1 is 0.944 bits per heavy atom. The van der Waals surface area contributed by atoms with Crippen molar-refractivity contribution in [2.45, 2.75) is 63.8 Å². The monoisotopic (exact) mass is 243 g/mol. The highest BCUT2D eigenvalue weighted by molar-refractivity contribution is 5.35. The van der Waals surface area contributed by atoms with Crippen LogP contribution < -0.4 is 5.73 Å². The van der Waals surface area contributed by atoms with Gasteiger partial charge >= 0.3 is 0 Å². The van der Waals surface area contributed by atoms with Crippen LogP contribution in [-0.2, 0) is 5.54 Å². The highest BCUT2D eigenvalue weighted by atomic mass is 14.8. The Morgan fingerprint density at radius 2 is 1.56 bits per heavy atom. The van der Waals surface area contributed by atoms with E-state index in [1.165, 1.54) is 62.5 Å². The van der Waals surface area contributed by atoms with Crippen molar-refractivity contribution < 1.29 is 0 Å². The smallest absolute Gasteiger partial charge is 0.0422 e. The van der Waals surface area contributed by atoms with E-state index in [2.05, 4.69) is 31.2 Å². The van der Waals surface area contributed by atoms with Gasteiger partial charge in [-0.05, 0) is 49.1 Å². The summed E-state index contributed by atoms with van der Waals surface area (Å²) in [4.78, 5) is 0. The molecule has 0 heterocycles. The Morgan fingerprint density at radius 3 is 2.17 bits per heavy atom. The first-order valence-corrected chi connectivity index (χ1v) is 7.49. The van der Waals surface area contributed by atoms with Gasteiger partial charge in [-0.25, -0.2) is 0 Å². The molecular formula is C17H25N. The molecule has 0 atom stereocenters. The molecule has 98 valence electrons. The number of benzene rings is 1. The second-order valence-corrected chi connectivity index (χ2v) is 6.74. The van der Waals surface area contributed by atoms with E-state index in [1.54, 1.807) is 0 Å². The zero-order valence-corrected chi connectivity index (χ0v) is 11.5. The summed E-state index contributed by atoms with van der Waals surface area (Å²) in [6, 6.07) is 8.68. The average Bonchev–Trinajstić information content (AvgIpc) is 2.54. The Bertz CT molecular complexity index is 419. The van der Waals surface area contributed by atoms with Crippen molar-refractivity contribution in [1.82, 2.24) is 0 Å². The molecule has 0 aromatic heterocycles. The van der Waals surface area contributed by atoms with Gasteiger partial charge in [-0.3, -0.25) is 0 Å². The minimum absolute atomic E-state index is 0.0321. The van der Waals surface area contributed by atoms with E-state index in [0.717, 1.165) is 0 Å². The Kier molecular flexibility index (Phi) is 2.97. The van der Waals surface area contributed by atoms with E-state index in [9.17, 15) is 0 Å². The molecule has 0 radical (unpaired) electrons. The van der Waals surface area contributed by atoms with Gasteiger partial charge in [-0.2, -0.15) is 0 Å². The van der Waals surface area contributed by atoms with Gasteiger partial charge in [0, 0.05) is 5.54 Å². The number of hydrogen-bond acceptors (Lipinski definition) is 1. The highest BCUT2D eigenvalue weighted by Crippen LogP contribution is 2.59. The molecule has 2 N–H and O–H groups in total. The van der Waals surface area contributed by atoms with Crippen molar-refractivity contribution in [2.75, 3.05) is 0 Å². The lowest BCUT2D eigenvalue weighted by Crippen LogP contribution is -2.55. The van der Waals surface area contributed by atoms with Gasteiger partial charge in [0.15, 0.2) is 0 Å². The molecule has 0 amide bonds. The molecule has 1 aromatic rings. The average molecular weight is 243 g/mol. The van der Waals surface area contributed by atoms with E-state index in [0.29, 0.717) is 5.41 Å². The van der Waals surface area contributed by atoms with Crippen LogP contribution in [0.5, 0.6) is 0 Å². The van der Waals surface area contributed by atoms with Gasteiger partial charge in [0.2, 0.25) is 0 Å². The van der Waals surface area contributed by atoms with Gasteiger partial charge in [0.25, 0.3) is 0 Å². The summed E-state index contributed by atoms with van der Waals surface area (Å²) >= 11 is 0. The SMILES string of the molecule is Cc1ccccc1C1(N)CC2(CCCCCC2)C1. The summed E-state index contributed by atoms with van der Waals surface area (Å²) in [5.74, 6) is 0. The molecule has 2 aliphatic rings. The van der Waals surface area contributed by atoms with Crippen LogP contribution in [0.3, 0.4) is 0 Å². The van der Waals surface area contributed by atoms with E-state index in [4.69, 9.17) is 5.73 Å². The molecule has 2 saturated carbocycles. The second kappa shape index (κ2) is 4.38. The van der Waals surface area contributed by atoms with Gasteiger partial charge in [-0.15, -0.1) is 0 Å². The van der Waals surface area contributed by atoms with Crippen LogP contribution in [0.15, 0.2) is 24.3 Å². The van der Waals surface area contributed by atoms with Crippen molar-refractivity contribution in [3.63, 3.8) is 0 Å². The fourth-order valence-corrected chi connectivity index (χ4v) is 4.44. The first-order valence-electron chi connectivity index (χ1n) is 7.49. The predicted molar refractivity (Wildman–Crippen MR) is 76.4 cm³/mol. The topological polar surface area (TPSA) is 26.0 Å². The van der Waals surface area contributed by atoms with E-state index in [1.807, 2.05) is 0 Å². The number of hydrogen-bond donors (Lipinski definition) is 1. The lowest BCUT2D eigenvalue weighted by molar-refractivity contribution is 0.00929. The van der Waals surface area contributed by atoms with Crippen molar-refractivity contribution >= 4 is 0 Å². The normalized spacial score (nSPS) is 25.4. The molecule has 2 aliphatic carbocycles. The molecule has 0 aliphatic heterocycles. The maximum atomic E-state index is 6.68. The van der Waals surface area contributed by atoms with Crippen LogP contribution in [-0.4, -0.2) is 0 Å². The fourth-order valence-electron chi connectivity index (χ4n) is 4.44. The molecule has 0 saturated heterocycles. The maximum absolute atomic E-state index is 6.68. The summed E-state index contributed by atoms with van der Waals surface area (Å²) in [7, 11) is 0. The summed E-state index contributed by atoms with van der Waals surface area (Å²) in [5.41, 5.74) is 9.99. The molecule has 1 spiro atoms. The van der Waals surface area contributed by atoms with Crippen LogP contribution in [0.2, 0.25) is 0 Å². The first kappa shape index (κ1) is 12.2. The summed E-state index contributed by atoms with van der Waals surface area (Å²) < 4.78 is 0. The summed E-state index contributed by atoms with van der Waals surface area (Å²) in [5, 5.41) is 0. The lowest BCUT2D eigenvalue weighted by Gasteiger charge is -2.55. The molecule has 2 fully saturated rings. The second-order valence-electron chi connectivity index (χ2n) is 6.74. The first-order chi connectivity index (χ1) is 8.64. The molecule has 0 bridgehead atoms. The highest BCUT2D eigenvalue weighted by Gasteiger charge is 2.52. The van der Waals surface area contributed by atoms with Crippen molar-refractivity contribution in [1.29, 1.82) is 0 Å².